The van der Waals surface area contributed by atoms with Crippen molar-refractivity contribution in [2.24, 2.45) is 5.92 Å². The number of aliphatic hydroxyl groups excluding tert-OH is 1. The summed E-state index contributed by atoms with van der Waals surface area (Å²) in [4.78, 5) is 11.6. The Bertz CT molecular complexity index is 462. The average Bonchev–Trinajstić information content (AvgIpc) is 3.31. The third-order valence-electron chi connectivity index (χ3n) is 3.31. The fourth-order valence-corrected chi connectivity index (χ4v) is 1.95. The standard InChI is InChI=1S/C16H22ClNO4/c17-13-3-5-15(6-4-13)22-8-7-16(20)18-9-14(19)11-21-10-12-1-2-12/h3-6,12,14,19H,1-2,7-11H2,(H,18,20). The molecule has 0 aromatic heterocycles. The average molecular weight is 328 g/mol. The topological polar surface area (TPSA) is 67.8 Å². The van der Waals surface area contributed by atoms with E-state index < -0.39 is 6.10 Å². The Balaban J connectivity index is 1.50. The summed E-state index contributed by atoms with van der Waals surface area (Å²) < 4.78 is 10.8. The van der Waals surface area contributed by atoms with Gasteiger partial charge in [-0.3, -0.25) is 4.79 Å². The van der Waals surface area contributed by atoms with Crippen molar-refractivity contribution in [3.63, 3.8) is 0 Å². The number of ether oxygens (including phenoxy) is 2. The molecule has 22 heavy (non-hydrogen) atoms. The Morgan fingerprint density at radius 1 is 1.36 bits per heavy atom. The van der Waals surface area contributed by atoms with E-state index in [4.69, 9.17) is 21.1 Å². The SMILES string of the molecule is O=C(CCOc1ccc(Cl)cc1)NCC(O)COCC1CC1. The molecule has 2 N–H and O–H groups in total. The van der Waals surface area contributed by atoms with Gasteiger partial charge in [0.1, 0.15) is 5.75 Å². The van der Waals surface area contributed by atoms with Crippen LogP contribution in [0.2, 0.25) is 5.02 Å². The molecule has 1 aliphatic carbocycles. The van der Waals surface area contributed by atoms with Gasteiger partial charge in [0, 0.05) is 18.2 Å². The Kier molecular flexibility index (Phi) is 6.96. The Morgan fingerprint density at radius 2 is 2.09 bits per heavy atom. The second kappa shape index (κ2) is 8.98. The maximum Gasteiger partial charge on any atom is 0.223 e. The first-order valence-electron chi connectivity index (χ1n) is 7.54. The fraction of sp³-hybridized carbons (Fsp3) is 0.562. The second-order valence-corrected chi connectivity index (χ2v) is 5.93. The highest BCUT2D eigenvalue weighted by atomic mass is 35.5. The normalized spacial score (nSPS) is 15.4. The third-order valence-corrected chi connectivity index (χ3v) is 3.56. The molecule has 1 aliphatic rings. The Morgan fingerprint density at radius 3 is 2.77 bits per heavy atom. The molecular weight excluding hydrogens is 306 g/mol. The van der Waals surface area contributed by atoms with E-state index in [1.54, 1.807) is 24.3 Å². The van der Waals surface area contributed by atoms with Crippen molar-refractivity contribution in [1.82, 2.24) is 5.32 Å². The van der Waals surface area contributed by atoms with Gasteiger partial charge in [0.25, 0.3) is 0 Å². The van der Waals surface area contributed by atoms with Gasteiger partial charge in [-0.25, -0.2) is 0 Å². The summed E-state index contributed by atoms with van der Waals surface area (Å²) in [6, 6.07) is 6.96. The molecule has 1 saturated carbocycles. The first-order chi connectivity index (χ1) is 10.6. The quantitative estimate of drug-likeness (QED) is 0.690. The van der Waals surface area contributed by atoms with Crippen LogP contribution in [-0.4, -0.2) is 43.5 Å². The molecule has 1 aromatic rings. The molecule has 0 radical (unpaired) electrons. The van der Waals surface area contributed by atoms with Crippen LogP contribution < -0.4 is 10.1 Å². The minimum absolute atomic E-state index is 0.157. The summed E-state index contributed by atoms with van der Waals surface area (Å²) in [5, 5.41) is 13.0. The van der Waals surface area contributed by atoms with Crippen molar-refractivity contribution >= 4 is 17.5 Å². The van der Waals surface area contributed by atoms with Gasteiger partial charge in [0.05, 0.1) is 25.7 Å². The van der Waals surface area contributed by atoms with Crippen molar-refractivity contribution in [3.05, 3.63) is 29.3 Å². The molecular formula is C16H22ClNO4. The van der Waals surface area contributed by atoms with E-state index in [1.807, 2.05) is 0 Å². The van der Waals surface area contributed by atoms with Gasteiger partial charge >= 0.3 is 0 Å². The number of nitrogens with one attached hydrogen (secondary N) is 1. The Labute approximate surface area is 135 Å². The summed E-state index contributed by atoms with van der Waals surface area (Å²) in [5.74, 6) is 1.19. The van der Waals surface area contributed by atoms with Crippen LogP contribution >= 0.6 is 11.6 Å². The lowest BCUT2D eigenvalue weighted by Gasteiger charge is -2.12. The predicted molar refractivity (Wildman–Crippen MR) is 84.1 cm³/mol. The van der Waals surface area contributed by atoms with Crippen LogP contribution in [0.1, 0.15) is 19.3 Å². The number of halogens is 1. The van der Waals surface area contributed by atoms with Crippen molar-refractivity contribution in [2.45, 2.75) is 25.4 Å². The van der Waals surface area contributed by atoms with Crippen molar-refractivity contribution in [3.8, 4) is 5.75 Å². The molecule has 122 valence electrons. The minimum Gasteiger partial charge on any atom is -0.493 e. The smallest absolute Gasteiger partial charge is 0.223 e. The fourth-order valence-electron chi connectivity index (χ4n) is 1.83. The van der Waals surface area contributed by atoms with Gasteiger partial charge < -0.3 is 19.9 Å². The number of benzene rings is 1. The molecule has 1 unspecified atom stereocenters. The van der Waals surface area contributed by atoms with E-state index in [1.165, 1.54) is 12.8 Å². The molecule has 0 spiro atoms. The summed E-state index contributed by atoms with van der Waals surface area (Å²) >= 11 is 5.77. The second-order valence-electron chi connectivity index (χ2n) is 5.49. The molecule has 1 fully saturated rings. The van der Waals surface area contributed by atoms with Crippen LogP contribution in [-0.2, 0) is 9.53 Å². The predicted octanol–water partition coefficient (Wildman–Crippen LogP) is 2.01. The highest BCUT2D eigenvalue weighted by Gasteiger charge is 2.21. The highest BCUT2D eigenvalue weighted by molar-refractivity contribution is 6.30. The molecule has 0 bridgehead atoms. The zero-order valence-electron chi connectivity index (χ0n) is 12.5. The lowest BCUT2D eigenvalue weighted by Crippen LogP contribution is -2.35. The van der Waals surface area contributed by atoms with Crippen LogP contribution in [0.3, 0.4) is 0 Å². The molecule has 0 heterocycles. The van der Waals surface area contributed by atoms with Gasteiger partial charge in [-0.2, -0.15) is 0 Å². The minimum atomic E-state index is -0.667. The van der Waals surface area contributed by atoms with Crippen LogP contribution in [0.15, 0.2) is 24.3 Å². The summed E-state index contributed by atoms with van der Waals surface area (Å²) in [6.07, 6.45) is 2.01. The monoisotopic (exact) mass is 327 g/mol. The molecule has 1 aromatic carbocycles. The van der Waals surface area contributed by atoms with Gasteiger partial charge in [-0.1, -0.05) is 11.6 Å². The molecule has 0 aliphatic heterocycles. The van der Waals surface area contributed by atoms with Gasteiger partial charge in [-0.05, 0) is 43.0 Å². The zero-order valence-corrected chi connectivity index (χ0v) is 13.2. The Hall–Kier alpha value is -1.30. The maximum absolute atomic E-state index is 11.6. The number of hydrogen-bond acceptors (Lipinski definition) is 4. The summed E-state index contributed by atoms with van der Waals surface area (Å²) in [6.45, 7) is 1.45. The van der Waals surface area contributed by atoms with E-state index in [-0.39, 0.29) is 32.1 Å². The molecule has 1 atom stereocenters. The van der Waals surface area contributed by atoms with Crippen molar-refractivity contribution in [1.29, 1.82) is 0 Å². The number of hydrogen-bond donors (Lipinski definition) is 2. The molecule has 6 heteroatoms. The van der Waals surface area contributed by atoms with Crippen LogP contribution in [0.25, 0.3) is 0 Å². The number of rotatable bonds is 10. The molecule has 0 saturated heterocycles. The van der Waals surface area contributed by atoms with E-state index in [0.717, 1.165) is 0 Å². The van der Waals surface area contributed by atoms with E-state index in [0.29, 0.717) is 23.3 Å². The lowest BCUT2D eigenvalue weighted by molar-refractivity contribution is -0.122. The van der Waals surface area contributed by atoms with E-state index in [2.05, 4.69) is 5.32 Å². The van der Waals surface area contributed by atoms with Crippen molar-refractivity contribution in [2.75, 3.05) is 26.4 Å². The number of amides is 1. The molecule has 5 nitrogen and oxygen atoms in total. The summed E-state index contributed by atoms with van der Waals surface area (Å²) in [5.41, 5.74) is 0. The number of carbonyl (C=O) groups is 1. The highest BCUT2D eigenvalue weighted by Crippen LogP contribution is 2.28. The van der Waals surface area contributed by atoms with E-state index >= 15 is 0 Å². The summed E-state index contributed by atoms with van der Waals surface area (Å²) in [7, 11) is 0. The van der Waals surface area contributed by atoms with E-state index in [9.17, 15) is 9.90 Å². The number of carbonyl (C=O) groups excluding carboxylic acids is 1. The van der Waals surface area contributed by atoms with Crippen molar-refractivity contribution < 1.29 is 19.4 Å². The zero-order chi connectivity index (χ0) is 15.8. The maximum atomic E-state index is 11.6. The lowest BCUT2D eigenvalue weighted by atomic mass is 10.3. The first kappa shape index (κ1) is 17.1. The van der Waals surface area contributed by atoms with Gasteiger partial charge in [0.15, 0.2) is 0 Å². The molecule has 2 rings (SSSR count). The van der Waals surface area contributed by atoms with Crippen LogP contribution in [0.5, 0.6) is 5.75 Å². The largest absolute Gasteiger partial charge is 0.493 e. The third kappa shape index (κ3) is 7.11. The molecule has 1 amide bonds. The van der Waals surface area contributed by atoms with Gasteiger partial charge in [-0.15, -0.1) is 0 Å². The first-order valence-corrected chi connectivity index (χ1v) is 7.92. The van der Waals surface area contributed by atoms with Crippen LogP contribution in [0.4, 0.5) is 0 Å². The number of aliphatic hydroxyl groups is 1. The van der Waals surface area contributed by atoms with Crippen LogP contribution in [0, 0.1) is 5.92 Å². The van der Waals surface area contributed by atoms with Gasteiger partial charge in [0.2, 0.25) is 5.91 Å².